The molecule has 5 heteroatoms. The summed E-state index contributed by atoms with van der Waals surface area (Å²) in [5, 5.41) is 6.72. The molecule has 0 aromatic heterocycles. The van der Waals surface area contributed by atoms with Crippen molar-refractivity contribution in [2.75, 3.05) is 13.1 Å². The van der Waals surface area contributed by atoms with Crippen molar-refractivity contribution in [2.24, 2.45) is 23.7 Å². The molecule has 0 aromatic carbocycles. The third-order valence-electron chi connectivity index (χ3n) is 8.55. The fraction of sp³-hybridized carbons (Fsp3) is 0.909. The molecule has 6 saturated carbocycles. The van der Waals surface area contributed by atoms with Crippen molar-refractivity contribution in [3.05, 3.63) is 0 Å². The first-order valence-electron chi connectivity index (χ1n) is 11.5. The van der Waals surface area contributed by atoms with E-state index in [9.17, 15) is 9.59 Å². The van der Waals surface area contributed by atoms with Crippen LogP contribution in [0.1, 0.15) is 77.0 Å². The van der Waals surface area contributed by atoms with Gasteiger partial charge in [-0.2, -0.15) is 0 Å². The van der Waals surface area contributed by atoms with E-state index in [-0.39, 0.29) is 23.4 Å². The first-order valence-corrected chi connectivity index (χ1v) is 11.5. The number of nitrogens with zero attached hydrogens (tertiary/aromatic N) is 1. The highest BCUT2D eigenvalue weighted by Crippen LogP contribution is 2.61. The fourth-order valence-electron chi connectivity index (χ4n) is 6.99. The Morgan fingerprint density at radius 3 is 2.26 bits per heavy atom. The van der Waals surface area contributed by atoms with Crippen molar-refractivity contribution >= 4 is 11.9 Å². The van der Waals surface area contributed by atoms with Crippen LogP contribution in [-0.2, 0) is 4.79 Å². The summed E-state index contributed by atoms with van der Waals surface area (Å²) >= 11 is 0. The Morgan fingerprint density at radius 1 is 0.889 bits per heavy atom. The minimum Gasteiger partial charge on any atom is -0.350 e. The highest BCUT2D eigenvalue weighted by atomic mass is 16.2. The van der Waals surface area contributed by atoms with Gasteiger partial charge in [0.15, 0.2) is 0 Å². The largest absolute Gasteiger partial charge is 0.350 e. The molecule has 27 heavy (non-hydrogen) atoms. The van der Waals surface area contributed by atoms with Crippen LogP contribution in [0.5, 0.6) is 0 Å². The van der Waals surface area contributed by atoms with Crippen molar-refractivity contribution in [1.29, 1.82) is 0 Å². The van der Waals surface area contributed by atoms with E-state index in [1.807, 2.05) is 4.90 Å². The van der Waals surface area contributed by atoms with Crippen molar-refractivity contribution in [3.8, 4) is 0 Å². The van der Waals surface area contributed by atoms with Gasteiger partial charge in [0.2, 0.25) is 5.91 Å². The van der Waals surface area contributed by atoms with Crippen LogP contribution >= 0.6 is 0 Å². The molecule has 0 aromatic rings. The molecule has 5 nitrogen and oxygen atoms in total. The van der Waals surface area contributed by atoms with Crippen LogP contribution < -0.4 is 10.6 Å². The van der Waals surface area contributed by atoms with Crippen LogP contribution in [0.4, 0.5) is 4.79 Å². The second-order valence-corrected chi connectivity index (χ2v) is 10.2. The van der Waals surface area contributed by atoms with Gasteiger partial charge in [-0.3, -0.25) is 4.79 Å². The molecule has 6 aliphatic carbocycles. The van der Waals surface area contributed by atoms with Gasteiger partial charge in [0, 0.05) is 30.6 Å². The smallest absolute Gasteiger partial charge is 0.317 e. The van der Waals surface area contributed by atoms with Crippen molar-refractivity contribution in [1.82, 2.24) is 15.5 Å². The van der Waals surface area contributed by atoms with E-state index in [2.05, 4.69) is 10.6 Å². The highest BCUT2D eigenvalue weighted by molar-refractivity contribution is 5.80. The van der Waals surface area contributed by atoms with E-state index >= 15 is 0 Å². The van der Waals surface area contributed by atoms with E-state index in [4.69, 9.17) is 0 Å². The molecule has 1 saturated heterocycles. The molecule has 150 valence electrons. The SMILES string of the molecule is O=C(NC12CCC3[C@H](C[C@H]3C1)C2)C1CCN(C(=O)NC2CCCCC2)CC1. The number of nitrogens with one attached hydrogen (secondary N) is 2. The van der Waals surface area contributed by atoms with Gasteiger partial charge < -0.3 is 15.5 Å². The van der Waals surface area contributed by atoms with Crippen molar-refractivity contribution in [3.63, 3.8) is 0 Å². The summed E-state index contributed by atoms with van der Waals surface area (Å²) in [6, 6.07) is 0.448. The molecular formula is C22H35N3O2. The Balaban J connectivity index is 1.09. The standard InChI is InChI=1S/C22H35N3O2/c26-20(24-22-9-6-19-16(13-22)12-17(19)14-22)15-7-10-25(11-8-15)21(27)23-18-4-2-1-3-5-18/h15-19H,1-14H2,(H,23,27)(H,24,26)/t16-,17+,19?,22?. The van der Waals surface area contributed by atoms with E-state index < -0.39 is 0 Å². The fourth-order valence-corrected chi connectivity index (χ4v) is 6.99. The summed E-state index contributed by atoms with van der Waals surface area (Å²) in [7, 11) is 0. The monoisotopic (exact) mass is 373 g/mol. The maximum atomic E-state index is 12.9. The van der Waals surface area contributed by atoms with Crippen LogP contribution in [0.25, 0.3) is 0 Å². The second-order valence-electron chi connectivity index (χ2n) is 10.2. The van der Waals surface area contributed by atoms with Crippen molar-refractivity contribution < 1.29 is 9.59 Å². The van der Waals surface area contributed by atoms with Crippen LogP contribution in [0.3, 0.4) is 0 Å². The van der Waals surface area contributed by atoms with Gasteiger partial charge in [0.1, 0.15) is 0 Å². The molecule has 2 N–H and O–H groups in total. The quantitative estimate of drug-likeness (QED) is 0.796. The third-order valence-corrected chi connectivity index (χ3v) is 8.55. The number of carbonyl (C=O) groups excluding carboxylic acids is 2. The summed E-state index contributed by atoms with van der Waals surface area (Å²) in [5.74, 6) is 3.12. The number of hydrogen-bond donors (Lipinski definition) is 2. The molecule has 7 fully saturated rings. The minimum atomic E-state index is 0.0880. The number of hydrogen-bond acceptors (Lipinski definition) is 2. The molecule has 0 spiro atoms. The Bertz CT molecular complexity index is 580. The van der Waals surface area contributed by atoms with Gasteiger partial charge in [-0.05, 0) is 75.5 Å². The van der Waals surface area contributed by atoms with E-state index in [1.54, 1.807) is 0 Å². The minimum absolute atomic E-state index is 0.0880. The molecule has 2 unspecified atom stereocenters. The lowest BCUT2D eigenvalue weighted by molar-refractivity contribution is -0.138. The third kappa shape index (κ3) is 3.36. The summed E-state index contributed by atoms with van der Waals surface area (Å²) in [6.07, 6.45) is 14.0. The van der Waals surface area contributed by atoms with Gasteiger partial charge in [0.25, 0.3) is 0 Å². The Hall–Kier alpha value is -1.26. The molecular weight excluding hydrogens is 338 g/mol. The second kappa shape index (κ2) is 6.97. The summed E-state index contributed by atoms with van der Waals surface area (Å²) < 4.78 is 0. The summed E-state index contributed by atoms with van der Waals surface area (Å²) in [6.45, 7) is 1.44. The number of piperidine rings is 1. The van der Waals surface area contributed by atoms with Crippen LogP contribution in [0.15, 0.2) is 0 Å². The van der Waals surface area contributed by atoms with E-state index in [0.717, 1.165) is 56.5 Å². The van der Waals surface area contributed by atoms with Gasteiger partial charge in [-0.1, -0.05) is 19.3 Å². The lowest BCUT2D eigenvalue weighted by Crippen LogP contribution is -2.65. The van der Waals surface area contributed by atoms with Gasteiger partial charge in [-0.15, -0.1) is 0 Å². The van der Waals surface area contributed by atoms with Gasteiger partial charge in [-0.25, -0.2) is 4.79 Å². The number of rotatable bonds is 3. The lowest BCUT2D eigenvalue weighted by Gasteiger charge is -2.63. The summed E-state index contributed by atoms with van der Waals surface area (Å²) in [5.41, 5.74) is 0.120. The van der Waals surface area contributed by atoms with Gasteiger partial charge >= 0.3 is 6.03 Å². The average molecular weight is 374 g/mol. The maximum absolute atomic E-state index is 12.9. The molecule has 3 amide bonds. The molecule has 7 rings (SSSR count). The Kier molecular flexibility index (Phi) is 4.60. The van der Waals surface area contributed by atoms with Crippen LogP contribution in [-0.4, -0.2) is 41.5 Å². The predicted octanol–water partition coefficient (Wildman–Crippen LogP) is 3.44. The zero-order valence-corrected chi connectivity index (χ0v) is 16.5. The number of likely N-dealkylation sites (tertiary alicyclic amines) is 1. The highest BCUT2D eigenvalue weighted by Gasteiger charge is 2.57. The first-order chi connectivity index (χ1) is 13.1. The topological polar surface area (TPSA) is 61.4 Å². The molecule has 1 heterocycles. The maximum Gasteiger partial charge on any atom is 0.317 e. The predicted molar refractivity (Wildman–Crippen MR) is 104 cm³/mol. The Morgan fingerprint density at radius 2 is 1.59 bits per heavy atom. The molecule has 0 radical (unpaired) electrons. The van der Waals surface area contributed by atoms with Crippen LogP contribution in [0.2, 0.25) is 0 Å². The average Bonchev–Trinajstić information content (AvgIpc) is 2.68. The summed E-state index contributed by atoms with van der Waals surface area (Å²) in [4.78, 5) is 27.4. The molecule has 4 atom stereocenters. The molecule has 7 aliphatic rings. The van der Waals surface area contributed by atoms with Crippen molar-refractivity contribution in [2.45, 2.75) is 88.6 Å². The zero-order valence-electron chi connectivity index (χ0n) is 16.5. The Labute approximate surface area is 163 Å². The molecule has 1 aliphatic heterocycles. The van der Waals surface area contributed by atoms with Crippen LogP contribution in [0, 0.1) is 23.7 Å². The van der Waals surface area contributed by atoms with E-state index in [0.29, 0.717) is 6.04 Å². The number of urea groups is 1. The van der Waals surface area contributed by atoms with Gasteiger partial charge in [0.05, 0.1) is 0 Å². The number of amides is 3. The zero-order chi connectivity index (χ0) is 18.4. The first kappa shape index (κ1) is 17.8. The van der Waals surface area contributed by atoms with E-state index in [1.165, 1.54) is 51.4 Å². The molecule has 4 bridgehead atoms. The number of fused-ring (bicyclic) bond motifs is 1. The lowest BCUT2D eigenvalue weighted by atomic mass is 9.45. The normalized spacial score (nSPS) is 39.0. The number of carbonyl (C=O) groups is 2.